The molecule has 5 atom stereocenters. The summed E-state index contributed by atoms with van der Waals surface area (Å²) in [5, 5.41) is 10.7. The number of carbonyl (C=O) groups is 1. The number of aromatic carboxylic acids is 1. The first-order valence-electron chi connectivity index (χ1n) is 14.9. The standard InChI is InChI=1S/C34H50O3/c1-11-19(6)25-17-16-24-18-26-31(34(35)36)29(22(9)14-4)28(21(8)13-3)30(23(10)15-5)33(26)37-32(24)27(25)20(7)12-2/h16-17,19-23H,11-15,18H2,1-10H3,(H,35,36). The summed E-state index contributed by atoms with van der Waals surface area (Å²) >= 11 is 0. The van der Waals surface area contributed by atoms with Gasteiger partial charge >= 0.3 is 5.97 Å². The van der Waals surface area contributed by atoms with Crippen LogP contribution >= 0.6 is 0 Å². The van der Waals surface area contributed by atoms with E-state index in [0.717, 1.165) is 60.3 Å². The van der Waals surface area contributed by atoms with Gasteiger partial charge in [0.1, 0.15) is 11.5 Å². The predicted molar refractivity (Wildman–Crippen MR) is 156 cm³/mol. The number of fused-ring (bicyclic) bond motifs is 2. The quantitative estimate of drug-likeness (QED) is 0.281. The molecule has 0 bridgehead atoms. The average Bonchev–Trinajstić information content (AvgIpc) is 2.91. The molecular formula is C34H50O3. The first-order chi connectivity index (χ1) is 17.6. The van der Waals surface area contributed by atoms with E-state index in [9.17, 15) is 9.90 Å². The smallest absolute Gasteiger partial charge is 0.336 e. The van der Waals surface area contributed by atoms with Gasteiger partial charge in [-0.3, -0.25) is 0 Å². The number of carboxylic acids is 1. The van der Waals surface area contributed by atoms with E-state index >= 15 is 0 Å². The third kappa shape index (κ3) is 5.20. The molecule has 2 aromatic rings. The molecule has 1 aliphatic rings. The summed E-state index contributed by atoms with van der Waals surface area (Å²) < 4.78 is 7.05. The number of hydrogen-bond donors (Lipinski definition) is 1. The van der Waals surface area contributed by atoms with Crippen molar-refractivity contribution >= 4 is 5.97 Å². The minimum atomic E-state index is -0.822. The van der Waals surface area contributed by atoms with Crippen molar-refractivity contribution in [2.75, 3.05) is 0 Å². The SMILES string of the molecule is CCC(C)c1ccc2c(c1C(C)CC)Oc1c(c(C(=O)O)c(C(C)CC)c(C(C)CC)c1C(C)CC)C2. The number of benzene rings is 2. The average molecular weight is 507 g/mol. The summed E-state index contributed by atoms with van der Waals surface area (Å²) in [6.45, 7) is 22.4. The van der Waals surface area contributed by atoms with Crippen LogP contribution in [-0.4, -0.2) is 11.1 Å². The first-order valence-corrected chi connectivity index (χ1v) is 14.9. The topological polar surface area (TPSA) is 46.5 Å². The van der Waals surface area contributed by atoms with Crippen molar-refractivity contribution in [3.63, 3.8) is 0 Å². The number of hydrogen-bond acceptors (Lipinski definition) is 2. The van der Waals surface area contributed by atoms with Crippen molar-refractivity contribution in [1.29, 1.82) is 0 Å². The van der Waals surface area contributed by atoms with E-state index in [0.29, 0.717) is 23.8 Å². The summed E-state index contributed by atoms with van der Waals surface area (Å²) in [5.74, 6) is 2.56. The predicted octanol–water partition coefficient (Wildman–Crippen LogP) is 10.6. The Balaban J connectivity index is 2.48. The fourth-order valence-electron chi connectivity index (χ4n) is 6.09. The molecule has 0 fully saturated rings. The van der Waals surface area contributed by atoms with Crippen LogP contribution in [0.25, 0.3) is 0 Å². The fraction of sp³-hybridized carbons (Fsp3) is 0.618. The molecular weight excluding hydrogens is 456 g/mol. The number of carboxylic acid groups (broad SMARTS) is 1. The van der Waals surface area contributed by atoms with E-state index in [1.807, 2.05) is 0 Å². The van der Waals surface area contributed by atoms with Crippen LogP contribution in [0, 0.1) is 0 Å². The van der Waals surface area contributed by atoms with Crippen LogP contribution in [0.5, 0.6) is 11.5 Å². The Kier molecular flexibility index (Phi) is 9.53. The Morgan fingerprint density at radius 1 is 0.703 bits per heavy atom. The van der Waals surface area contributed by atoms with Crippen molar-refractivity contribution in [3.8, 4) is 11.5 Å². The molecule has 0 saturated heterocycles. The maximum atomic E-state index is 13.0. The lowest BCUT2D eigenvalue weighted by Crippen LogP contribution is -2.22. The molecule has 1 heterocycles. The minimum Gasteiger partial charge on any atom is -0.478 e. The van der Waals surface area contributed by atoms with E-state index in [2.05, 4.69) is 81.4 Å². The van der Waals surface area contributed by atoms with Crippen LogP contribution in [0.3, 0.4) is 0 Å². The summed E-state index contributed by atoms with van der Waals surface area (Å²) in [6.07, 6.45) is 5.61. The van der Waals surface area contributed by atoms with Crippen LogP contribution in [0.2, 0.25) is 0 Å². The van der Waals surface area contributed by atoms with Gasteiger partial charge < -0.3 is 9.84 Å². The van der Waals surface area contributed by atoms with Crippen LogP contribution in [0.15, 0.2) is 12.1 Å². The Morgan fingerprint density at radius 2 is 1.19 bits per heavy atom. The molecule has 3 rings (SSSR count). The largest absolute Gasteiger partial charge is 0.478 e. The zero-order valence-corrected chi connectivity index (χ0v) is 25.0. The van der Waals surface area contributed by atoms with Crippen molar-refractivity contribution in [3.05, 3.63) is 56.6 Å². The zero-order chi connectivity index (χ0) is 27.6. The van der Waals surface area contributed by atoms with Crippen LogP contribution in [-0.2, 0) is 6.42 Å². The fourth-order valence-corrected chi connectivity index (χ4v) is 6.09. The van der Waals surface area contributed by atoms with Crippen molar-refractivity contribution in [1.82, 2.24) is 0 Å². The maximum Gasteiger partial charge on any atom is 0.336 e. The second-order valence-electron chi connectivity index (χ2n) is 11.6. The van der Waals surface area contributed by atoms with E-state index in [4.69, 9.17) is 4.74 Å². The third-order valence-electron chi connectivity index (χ3n) is 9.33. The van der Waals surface area contributed by atoms with Crippen molar-refractivity contribution in [2.45, 2.75) is 137 Å². The van der Waals surface area contributed by atoms with Gasteiger partial charge in [-0.2, -0.15) is 0 Å². The lowest BCUT2D eigenvalue weighted by Gasteiger charge is -2.35. The van der Waals surface area contributed by atoms with Gasteiger partial charge in [-0.05, 0) is 83.9 Å². The Bertz CT molecular complexity index is 1130. The minimum absolute atomic E-state index is 0.174. The van der Waals surface area contributed by atoms with Gasteiger partial charge in [0, 0.05) is 23.1 Å². The van der Waals surface area contributed by atoms with Crippen LogP contribution < -0.4 is 4.74 Å². The zero-order valence-electron chi connectivity index (χ0n) is 25.0. The lowest BCUT2D eigenvalue weighted by atomic mass is 9.73. The Labute approximate surface area is 226 Å². The third-order valence-corrected chi connectivity index (χ3v) is 9.33. The Hall–Kier alpha value is -2.29. The second kappa shape index (κ2) is 12.0. The molecule has 5 unspecified atom stereocenters. The highest BCUT2D eigenvalue weighted by molar-refractivity contribution is 5.94. The highest BCUT2D eigenvalue weighted by Gasteiger charge is 2.37. The van der Waals surface area contributed by atoms with Gasteiger partial charge in [-0.1, -0.05) is 81.4 Å². The van der Waals surface area contributed by atoms with Crippen LogP contribution in [0.1, 0.15) is 180 Å². The lowest BCUT2D eigenvalue weighted by molar-refractivity contribution is 0.0693. The molecule has 1 N–H and O–H groups in total. The van der Waals surface area contributed by atoms with Gasteiger partial charge in [0.25, 0.3) is 0 Å². The maximum absolute atomic E-state index is 13.0. The molecule has 0 aliphatic carbocycles. The monoisotopic (exact) mass is 506 g/mol. The Morgan fingerprint density at radius 3 is 1.70 bits per heavy atom. The molecule has 0 saturated carbocycles. The summed E-state index contributed by atoms with van der Waals surface area (Å²) in [6, 6.07) is 4.48. The van der Waals surface area contributed by atoms with E-state index in [1.165, 1.54) is 22.3 Å². The van der Waals surface area contributed by atoms with Crippen molar-refractivity contribution < 1.29 is 14.6 Å². The molecule has 0 spiro atoms. The van der Waals surface area contributed by atoms with Gasteiger partial charge in [0.15, 0.2) is 0 Å². The second-order valence-corrected chi connectivity index (χ2v) is 11.6. The summed E-state index contributed by atoms with van der Waals surface area (Å²) in [7, 11) is 0. The van der Waals surface area contributed by atoms with Gasteiger partial charge in [0.05, 0.1) is 5.56 Å². The highest BCUT2D eigenvalue weighted by atomic mass is 16.5. The van der Waals surface area contributed by atoms with Gasteiger partial charge in [-0.15, -0.1) is 0 Å². The molecule has 0 amide bonds. The molecule has 37 heavy (non-hydrogen) atoms. The highest BCUT2D eigenvalue weighted by Crippen LogP contribution is 2.53. The van der Waals surface area contributed by atoms with E-state index in [1.54, 1.807) is 0 Å². The summed E-state index contributed by atoms with van der Waals surface area (Å²) in [4.78, 5) is 13.0. The number of ether oxygens (including phenoxy) is 1. The number of rotatable bonds is 11. The molecule has 3 nitrogen and oxygen atoms in total. The van der Waals surface area contributed by atoms with E-state index < -0.39 is 5.97 Å². The van der Waals surface area contributed by atoms with Crippen molar-refractivity contribution in [2.24, 2.45) is 0 Å². The van der Waals surface area contributed by atoms with Gasteiger partial charge in [-0.25, -0.2) is 4.79 Å². The van der Waals surface area contributed by atoms with Gasteiger partial charge in [0.2, 0.25) is 0 Å². The normalized spacial score (nSPS) is 16.7. The van der Waals surface area contributed by atoms with Crippen LogP contribution in [0.4, 0.5) is 0 Å². The van der Waals surface area contributed by atoms with E-state index in [-0.39, 0.29) is 17.8 Å². The molecule has 3 heteroatoms. The molecule has 0 radical (unpaired) electrons. The molecule has 2 aromatic carbocycles. The first kappa shape index (κ1) is 29.3. The molecule has 204 valence electrons. The molecule has 0 aromatic heterocycles. The molecule has 1 aliphatic heterocycles. The summed E-state index contributed by atoms with van der Waals surface area (Å²) in [5.41, 5.74) is 8.72.